The van der Waals surface area contributed by atoms with Gasteiger partial charge in [-0.15, -0.1) is 11.3 Å². The standard InChI is InChI=1S/C15H15NO4S/c17-14(10-20-11-5-2-1-3-6-11)16-12(9-15(18)19)13-7-4-8-21-13/h1-8,12H,9-10H2,(H,16,17)(H,18,19). The smallest absolute Gasteiger partial charge is 0.305 e. The van der Waals surface area contributed by atoms with E-state index in [9.17, 15) is 9.59 Å². The van der Waals surface area contributed by atoms with Gasteiger partial charge in [0.15, 0.2) is 6.61 Å². The highest BCUT2D eigenvalue weighted by Gasteiger charge is 2.19. The molecule has 0 aliphatic rings. The molecule has 1 amide bonds. The number of benzene rings is 1. The number of ether oxygens (including phenoxy) is 1. The molecule has 6 heteroatoms. The SMILES string of the molecule is O=C(O)CC(NC(=O)COc1ccccc1)c1cccs1. The number of nitrogens with one attached hydrogen (secondary N) is 1. The van der Waals surface area contributed by atoms with Crippen molar-refractivity contribution in [2.75, 3.05) is 6.61 Å². The van der Waals surface area contributed by atoms with E-state index in [1.54, 1.807) is 18.2 Å². The maximum absolute atomic E-state index is 11.9. The average Bonchev–Trinajstić information content (AvgIpc) is 2.99. The van der Waals surface area contributed by atoms with Crippen LogP contribution in [0.15, 0.2) is 47.8 Å². The van der Waals surface area contributed by atoms with Gasteiger partial charge < -0.3 is 15.2 Å². The highest BCUT2D eigenvalue weighted by molar-refractivity contribution is 7.10. The van der Waals surface area contributed by atoms with Crippen LogP contribution in [-0.4, -0.2) is 23.6 Å². The van der Waals surface area contributed by atoms with Crippen molar-refractivity contribution < 1.29 is 19.4 Å². The molecule has 0 radical (unpaired) electrons. The summed E-state index contributed by atoms with van der Waals surface area (Å²) >= 11 is 1.41. The molecule has 21 heavy (non-hydrogen) atoms. The van der Waals surface area contributed by atoms with E-state index in [1.807, 2.05) is 29.6 Å². The van der Waals surface area contributed by atoms with Gasteiger partial charge in [0.25, 0.3) is 5.91 Å². The first kappa shape index (κ1) is 15.1. The van der Waals surface area contributed by atoms with E-state index in [1.165, 1.54) is 11.3 Å². The lowest BCUT2D eigenvalue weighted by Crippen LogP contribution is -2.33. The number of carbonyl (C=O) groups is 2. The Morgan fingerprint density at radius 2 is 1.95 bits per heavy atom. The van der Waals surface area contributed by atoms with Gasteiger partial charge >= 0.3 is 5.97 Å². The Labute approximate surface area is 126 Å². The minimum atomic E-state index is -0.960. The maximum Gasteiger partial charge on any atom is 0.305 e. The van der Waals surface area contributed by atoms with Crippen molar-refractivity contribution in [1.29, 1.82) is 0 Å². The molecule has 0 saturated heterocycles. The summed E-state index contributed by atoms with van der Waals surface area (Å²) in [5.74, 6) is -0.713. The van der Waals surface area contributed by atoms with Crippen molar-refractivity contribution in [3.8, 4) is 5.75 Å². The van der Waals surface area contributed by atoms with Crippen LogP contribution in [0.2, 0.25) is 0 Å². The zero-order chi connectivity index (χ0) is 15.1. The molecule has 0 bridgehead atoms. The molecular formula is C15H15NO4S. The third-order valence-electron chi connectivity index (χ3n) is 2.71. The highest BCUT2D eigenvalue weighted by atomic mass is 32.1. The van der Waals surface area contributed by atoms with Gasteiger partial charge in [-0.1, -0.05) is 24.3 Å². The summed E-state index contributed by atoms with van der Waals surface area (Å²) in [7, 11) is 0. The van der Waals surface area contributed by atoms with Gasteiger partial charge in [0.1, 0.15) is 5.75 Å². The molecule has 1 atom stereocenters. The summed E-state index contributed by atoms with van der Waals surface area (Å²) in [5.41, 5.74) is 0. The van der Waals surface area contributed by atoms with Crippen LogP contribution in [0.5, 0.6) is 5.75 Å². The second-order valence-corrected chi connectivity index (χ2v) is 5.31. The molecule has 2 aromatic rings. The molecule has 5 nitrogen and oxygen atoms in total. The topological polar surface area (TPSA) is 75.6 Å². The number of aliphatic carboxylic acids is 1. The molecule has 1 heterocycles. The van der Waals surface area contributed by atoms with Crippen LogP contribution in [0.25, 0.3) is 0 Å². The molecule has 2 rings (SSSR count). The van der Waals surface area contributed by atoms with E-state index in [0.717, 1.165) is 4.88 Å². The van der Waals surface area contributed by atoms with Crippen molar-refractivity contribution >= 4 is 23.2 Å². The number of amides is 1. The molecule has 0 aliphatic carbocycles. The van der Waals surface area contributed by atoms with Crippen LogP contribution in [0.4, 0.5) is 0 Å². The number of thiophene rings is 1. The van der Waals surface area contributed by atoms with E-state index in [4.69, 9.17) is 9.84 Å². The first-order valence-corrected chi connectivity index (χ1v) is 7.25. The van der Waals surface area contributed by atoms with Gasteiger partial charge in [-0.25, -0.2) is 0 Å². The predicted octanol–water partition coefficient (Wildman–Crippen LogP) is 2.46. The average molecular weight is 305 g/mol. The minimum Gasteiger partial charge on any atom is -0.484 e. The molecule has 0 saturated carbocycles. The number of carboxylic acid groups (broad SMARTS) is 1. The minimum absolute atomic E-state index is 0.147. The summed E-state index contributed by atoms with van der Waals surface area (Å²) in [4.78, 5) is 23.6. The Morgan fingerprint density at radius 3 is 2.57 bits per heavy atom. The molecule has 0 aliphatic heterocycles. The van der Waals surface area contributed by atoms with E-state index >= 15 is 0 Å². The Hall–Kier alpha value is -2.34. The van der Waals surface area contributed by atoms with Gasteiger partial charge in [0.2, 0.25) is 0 Å². The van der Waals surface area contributed by atoms with Crippen LogP contribution >= 0.6 is 11.3 Å². The quantitative estimate of drug-likeness (QED) is 0.824. The van der Waals surface area contributed by atoms with Crippen molar-refractivity contribution in [1.82, 2.24) is 5.32 Å². The zero-order valence-corrected chi connectivity index (χ0v) is 12.0. The second kappa shape index (κ2) is 7.44. The Bertz CT molecular complexity index is 583. The largest absolute Gasteiger partial charge is 0.484 e. The van der Waals surface area contributed by atoms with E-state index in [0.29, 0.717) is 5.75 Å². The van der Waals surface area contributed by atoms with Crippen LogP contribution in [0, 0.1) is 0 Å². The second-order valence-electron chi connectivity index (χ2n) is 4.34. The van der Waals surface area contributed by atoms with Crippen LogP contribution in [-0.2, 0) is 9.59 Å². The Balaban J connectivity index is 1.90. The van der Waals surface area contributed by atoms with E-state index in [-0.39, 0.29) is 18.9 Å². The third-order valence-corrected chi connectivity index (χ3v) is 3.70. The van der Waals surface area contributed by atoms with E-state index < -0.39 is 12.0 Å². The molecular weight excluding hydrogens is 290 g/mol. The van der Waals surface area contributed by atoms with Crippen molar-refractivity contribution in [2.45, 2.75) is 12.5 Å². The van der Waals surface area contributed by atoms with Crippen LogP contribution in [0.3, 0.4) is 0 Å². The lowest BCUT2D eigenvalue weighted by Gasteiger charge is -2.15. The number of para-hydroxylation sites is 1. The third kappa shape index (κ3) is 4.92. The zero-order valence-electron chi connectivity index (χ0n) is 11.2. The van der Waals surface area contributed by atoms with Crippen LogP contribution < -0.4 is 10.1 Å². The van der Waals surface area contributed by atoms with Gasteiger partial charge in [-0.3, -0.25) is 9.59 Å². The normalized spacial score (nSPS) is 11.6. The summed E-state index contributed by atoms with van der Waals surface area (Å²) in [6, 6.07) is 12.1. The molecule has 0 fully saturated rings. The van der Waals surface area contributed by atoms with Gasteiger partial charge in [0.05, 0.1) is 12.5 Å². The van der Waals surface area contributed by atoms with Crippen LogP contribution in [0.1, 0.15) is 17.3 Å². The monoisotopic (exact) mass is 305 g/mol. The fourth-order valence-electron chi connectivity index (χ4n) is 1.79. The van der Waals surface area contributed by atoms with E-state index in [2.05, 4.69) is 5.32 Å². The number of hydrogen-bond acceptors (Lipinski definition) is 4. The molecule has 1 aromatic heterocycles. The van der Waals surface area contributed by atoms with Crippen molar-refractivity contribution in [2.24, 2.45) is 0 Å². The van der Waals surface area contributed by atoms with Gasteiger partial charge in [-0.05, 0) is 23.6 Å². The molecule has 0 spiro atoms. The molecule has 1 unspecified atom stereocenters. The van der Waals surface area contributed by atoms with Gasteiger partial charge in [-0.2, -0.15) is 0 Å². The lowest BCUT2D eigenvalue weighted by molar-refractivity contribution is -0.137. The van der Waals surface area contributed by atoms with Crippen molar-refractivity contribution in [3.05, 3.63) is 52.7 Å². The summed E-state index contributed by atoms with van der Waals surface area (Å²) in [6.45, 7) is -0.147. The number of hydrogen-bond donors (Lipinski definition) is 2. The Morgan fingerprint density at radius 1 is 1.19 bits per heavy atom. The number of rotatable bonds is 7. The fourth-order valence-corrected chi connectivity index (χ4v) is 2.57. The molecule has 110 valence electrons. The maximum atomic E-state index is 11.9. The number of carboxylic acids is 1. The van der Waals surface area contributed by atoms with Crippen molar-refractivity contribution in [3.63, 3.8) is 0 Å². The first-order chi connectivity index (χ1) is 10.1. The first-order valence-electron chi connectivity index (χ1n) is 6.37. The fraction of sp³-hybridized carbons (Fsp3) is 0.200. The Kier molecular flexibility index (Phi) is 5.34. The summed E-state index contributed by atoms with van der Waals surface area (Å²) < 4.78 is 5.33. The van der Waals surface area contributed by atoms with Gasteiger partial charge in [0, 0.05) is 4.88 Å². The highest BCUT2D eigenvalue weighted by Crippen LogP contribution is 2.22. The summed E-state index contributed by atoms with van der Waals surface area (Å²) in [5, 5.41) is 13.5. The summed E-state index contributed by atoms with van der Waals surface area (Å²) in [6.07, 6.45) is -0.155. The number of carbonyl (C=O) groups excluding carboxylic acids is 1. The molecule has 2 N–H and O–H groups in total. The predicted molar refractivity (Wildman–Crippen MR) is 79.4 cm³/mol. The lowest BCUT2D eigenvalue weighted by atomic mass is 10.1. The molecule has 1 aromatic carbocycles.